The van der Waals surface area contributed by atoms with Crippen molar-refractivity contribution in [2.45, 2.75) is 6.92 Å². The minimum absolute atomic E-state index is 0.109. The lowest BCUT2D eigenvalue weighted by Crippen LogP contribution is -2.09. The summed E-state index contributed by atoms with van der Waals surface area (Å²) in [4.78, 5) is 17.2. The predicted octanol–water partition coefficient (Wildman–Crippen LogP) is 5.44. The van der Waals surface area contributed by atoms with Gasteiger partial charge in [0.05, 0.1) is 23.9 Å². The minimum Gasteiger partial charge on any atom is -0.321 e. The molecule has 0 aliphatic rings. The van der Waals surface area contributed by atoms with Gasteiger partial charge in [-0.1, -0.05) is 0 Å². The van der Waals surface area contributed by atoms with Gasteiger partial charge in [-0.3, -0.25) is 4.79 Å². The summed E-state index contributed by atoms with van der Waals surface area (Å²) < 4.78 is 2.88. The van der Waals surface area contributed by atoms with Crippen LogP contribution in [0.25, 0.3) is 10.2 Å². The van der Waals surface area contributed by atoms with Crippen molar-refractivity contribution in [2.24, 2.45) is 0 Å². The summed E-state index contributed by atoms with van der Waals surface area (Å²) in [6.45, 7) is 1.98. The second kappa shape index (κ2) is 5.55. The number of fused-ring (bicyclic) bond motifs is 1. The first-order chi connectivity index (χ1) is 9.52. The van der Waals surface area contributed by atoms with Gasteiger partial charge in [0.2, 0.25) is 0 Å². The van der Waals surface area contributed by atoms with Crippen molar-refractivity contribution in [1.82, 2.24) is 4.98 Å². The third kappa shape index (κ3) is 2.81. The number of amides is 1. The number of hydrogen-bond donors (Lipinski definition) is 1. The summed E-state index contributed by atoms with van der Waals surface area (Å²) in [6.07, 6.45) is 0. The zero-order chi connectivity index (χ0) is 14.3. The number of carbonyl (C=O) groups is 1. The summed E-state index contributed by atoms with van der Waals surface area (Å²) in [7, 11) is 0. The summed E-state index contributed by atoms with van der Waals surface area (Å²) in [6, 6.07) is 7.56. The molecule has 0 saturated carbocycles. The summed E-state index contributed by atoms with van der Waals surface area (Å²) >= 11 is 9.79. The zero-order valence-corrected chi connectivity index (χ0v) is 15.0. The molecule has 7 heteroatoms. The summed E-state index contributed by atoms with van der Waals surface area (Å²) in [5.41, 5.74) is 1.75. The Kier molecular flexibility index (Phi) is 3.94. The molecule has 0 bridgehead atoms. The van der Waals surface area contributed by atoms with Crippen molar-refractivity contribution >= 4 is 76.3 Å². The molecule has 1 N–H and O–H groups in total. The molecule has 2 aromatic heterocycles. The maximum Gasteiger partial charge on any atom is 0.265 e. The molecule has 0 spiro atoms. The lowest BCUT2D eigenvalue weighted by atomic mass is 10.3. The van der Waals surface area contributed by atoms with Crippen LogP contribution in [0.1, 0.15) is 14.7 Å². The van der Waals surface area contributed by atoms with Crippen molar-refractivity contribution in [2.75, 3.05) is 5.32 Å². The largest absolute Gasteiger partial charge is 0.321 e. The molecule has 0 atom stereocenters. The third-order valence-corrected chi connectivity index (χ3v) is 6.81. The number of carbonyl (C=O) groups excluding carboxylic acids is 1. The van der Waals surface area contributed by atoms with Gasteiger partial charge < -0.3 is 5.32 Å². The van der Waals surface area contributed by atoms with Crippen LogP contribution in [0.5, 0.6) is 0 Å². The van der Waals surface area contributed by atoms with E-state index < -0.39 is 0 Å². The number of hydrogen-bond acceptors (Lipinski definition) is 4. The van der Waals surface area contributed by atoms with E-state index in [0.717, 1.165) is 29.2 Å². The molecule has 0 aliphatic heterocycles. The molecule has 0 radical (unpaired) electrons. The first-order valence-electron chi connectivity index (χ1n) is 5.66. The molecule has 3 aromatic rings. The Balaban J connectivity index is 1.86. The van der Waals surface area contributed by atoms with Crippen LogP contribution in [0.15, 0.2) is 32.5 Å². The summed E-state index contributed by atoms with van der Waals surface area (Å²) in [5.74, 6) is -0.109. The van der Waals surface area contributed by atoms with Crippen LogP contribution >= 0.6 is 54.5 Å². The van der Waals surface area contributed by atoms with Gasteiger partial charge in [0.15, 0.2) is 0 Å². The van der Waals surface area contributed by atoms with Crippen LogP contribution in [0.2, 0.25) is 0 Å². The number of nitrogens with zero attached hydrogens (tertiary/aromatic N) is 1. The average molecular weight is 432 g/mol. The van der Waals surface area contributed by atoms with E-state index in [1.54, 1.807) is 17.4 Å². The minimum atomic E-state index is -0.109. The van der Waals surface area contributed by atoms with Gasteiger partial charge in [0.1, 0.15) is 0 Å². The van der Waals surface area contributed by atoms with Crippen molar-refractivity contribution < 1.29 is 4.79 Å². The number of thiazole rings is 1. The van der Waals surface area contributed by atoms with Gasteiger partial charge in [0, 0.05) is 10.2 Å². The van der Waals surface area contributed by atoms with Crippen LogP contribution in [-0.2, 0) is 0 Å². The molecule has 2 heterocycles. The molecule has 102 valence electrons. The highest BCUT2D eigenvalue weighted by Gasteiger charge is 2.12. The highest BCUT2D eigenvalue weighted by molar-refractivity contribution is 9.13. The van der Waals surface area contributed by atoms with Crippen molar-refractivity contribution in [1.29, 1.82) is 0 Å². The number of rotatable bonds is 2. The number of nitrogens with one attached hydrogen (secondary N) is 1. The lowest BCUT2D eigenvalue weighted by Gasteiger charge is -2.02. The number of benzene rings is 1. The Morgan fingerprint density at radius 3 is 2.75 bits per heavy atom. The normalized spacial score (nSPS) is 10.9. The van der Waals surface area contributed by atoms with E-state index in [1.807, 2.05) is 25.1 Å². The Hall–Kier alpha value is -0.760. The average Bonchev–Trinajstić information content (AvgIpc) is 2.91. The smallest absolute Gasteiger partial charge is 0.265 e. The first kappa shape index (κ1) is 14.2. The molecule has 1 aromatic carbocycles. The number of aromatic nitrogens is 1. The first-order valence-corrected chi connectivity index (χ1v) is 8.88. The van der Waals surface area contributed by atoms with Crippen LogP contribution in [0, 0.1) is 6.92 Å². The molecule has 0 saturated heterocycles. The topological polar surface area (TPSA) is 42.0 Å². The number of anilines is 1. The molecule has 0 fully saturated rings. The van der Waals surface area contributed by atoms with Crippen molar-refractivity contribution in [3.63, 3.8) is 0 Å². The zero-order valence-electron chi connectivity index (χ0n) is 10.2. The fourth-order valence-corrected chi connectivity index (χ4v) is 4.57. The van der Waals surface area contributed by atoms with Gasteiger partial charge >= 0.3 is 0 Å². The standard InChI is InChI=1S/C13H8Br2N2OS2/c1-6-16-9-3-2-7(4-10(9)19-6)17-13(18)11-5-8(14)12(15)20-11/h2-5H,1H3,(H,17,18). The number of thiophene rings is 1. The molecular weight excluding hydrogens is 424 g/mol. The van der Waals surface area contributed by atoms with Gasteiger partial charge in [-0.05, 0) is 63.0 Å². The summed E-state index contributed by atoms with van der Waals surface area (Å²) in [5, 5.41) is 3.93. The van der Waals surface area contributed by atoms with E-state index >= 15 is 0 Å². The van der Waals surface area contributed by atoms with E-state index in [1.165, 1.54) is 11.3 Å². The maximum atomic E-state index is 12.2. The van der Waals surface area contributed by atoms with Crippen molar-refractivity contribution in [3.05, 3.63) is 42.4 Å². The molecule has 20 heavy (non-hydrogen) atoms. The molecule has 0 unspecified atom stereocenters. The molecule has 0 aliphatic carbocycles. The molecule has 3 rings (SSSR count). The van der Waals surface area contributed by atoms with E-state index in [-0.39, 0.29) is 5.91 Å². The van der Waals surface area contributed by atoms with Crippen molar-refractivity contribution in [3.8, 4) is 0 Å². The highest BCUT2D eigenvalue weighted by Crippen LogP contribution is 2.33. The fourth-order valence-electron chi connectivity index (χ4n) is 1.77. The van der Waals surface area contributed by atoms with Gasteiger partial charge in [-0.2, -0.15) is 0 Å². The van der Waals surface area contributed by atoms with Gasteiger partial charge in [-0.15, -0.1) is 22.7 Å². The van der Waals surface area contributed by atoms with E-state index in [2.05, 4.69) is 42.2 Å². The van der Waals surface area contributed by atoms with Crippen LogP contribution in [-0.4, -0.2) is 10.9 Å². The number of halogens is 2. The highest BCUT2D eigenvalue weighted by atomic mass is 79.9. The molecular formula is C13H8Br2N2OS2. The van der Waals surface area contributed by atoms with Crippen LogP contribution in [0.4, 0.5) is 5.69 Å². The SMILES string of the molecule is Cc1nc2ccc(NC(=O)c3cc(Br)c(Br)s3)cc2s1. The fraction of sp³-hybridized carbons (Fsp3) is 0.0769. The number of aryl methyl sites for hydroxylation is 1. The third-order valence-electron chi connectivity index (χ3n) is 2.62. The second-order valence-corrected chi connectivity index (χ2v) is 8.56. The van der Waals surface area contributed by atoms with Crippen LogP contribution < -0.4 is 5.32 Å². The maximum absolute atomic E-state index is 12.2. The Labute approximate surface area is 140 Å². The van der Waals surface area contributed by atoms with Crippen LogP contribution in [0.3, 0.4) is 0 Å². The Morgan fingerprint density at radius 2 is 2.05 bits per heavy atom. The Morgan fingerprint density at radius 1 is 1.25 bits per heavy atom. The van der Waals surface area contributed by atoms with Gasteiger partial charge in [-0.25, -0.2) is 4.98 Å². The van der Waals surface area contributed by atoms with E-state index in [9.17, 15) is 4.79 Å². The molecule has 1 amide bonds. The second-order valence-electron chi connectivity index (χ2n) is 4.10. The van der Waals surface area contributed by atoms with Gasteiger partial charge in [0.25, 0.3) is 5.91 Å². The Bertz CT molecular complexity index is 790. The monoisotopic (exact) mass is 430 g/mol. The van der Waals surface area contributed by atoms with E-state index in [4.69, 9.17) is 0 Å². The molecule has 3 nitrogen and oxygen atoms in total. The lowest BCUT2D eigenvalue weighted by molar-refractivity contribution is 0.103. The quantitative estimate of drug-likeness (QED) is 0.586. The van der Waals surface area contributed by atoms with E-state index in [0.29, 0.717) is 4.88 Å². The predicted molar refractivity (Wildman–Crippen MR) is 92.0 cm³/mol.